The van der Waals surface area contributed by atoms with Crippen molar-refractivity contribution in [3.8, 4) is 22.3 Å². The molecule has 126 valence electrons. The van der Waals surface area contributed by atoms with Gasteiger partial charge in [-0.2, -0.15) is 0 Å². The number of rotatable bonds is 3. The molecule has 0 atom stereocenters. The third-order valence-electron chi connectivity index (χ3n) is 4.52. The Hall–Kier alpha value is -3.46. The van der Waals surface area contributed by atoms with E-state index in [0.717, 1.165) is 38.9 Å². The average molecular weight is 338 g/mol. The van der Waals surface area contributed by atoms with Gasteiger partial charge in [-0.3, -0.25) is 9.78 Å². The summed E-state index contributed by atoms with van der Waals surface area (Å²) in [6.45, 7) is 1.98. The van der Waals surface area contributed by atoms with Gasteiger partial charge in [0, 0.05) is 16.6 Å². The van der Waals surface area contributed by atoms with Crippen LogP contribution in [0.15, 0.2) is 78.9 Å². The van der Waals surface area contributed by atoms with Gasteiger partial charge in [-0.25, -0.2) is 0 Å². The van der Waals surface area contributed by atoms with Crippen LogP contribution in [0.25, 0.3) is 33.2 Å². The monoisotopic (exact) mass is 338 g/mol. The highest BCUT2D eigenvalue weighted by molar-refractivity contribution is 6.03. The van der Waals surface area contributed by atoms with Crippen molar-refractivity contribution in [2.75, 3.05) is 0 Å². The third kappa shape index (κ3) is 2.84. The first-order chi connectivity index (χ1) is 12.6. The predicted molar refractivity (Wildman–Crippen MR) is 106 cm³/mol. The number of fused-ring (bicyclic) bond motifs is 1. The number of benzene rings is 3. The number of nitrogens with zero attached hydrogens (tertiary/aromatic N) is 1. The van der Waals surface area contributed by atoms with Crippen molar-refractivity contribution in [3.05, 3.63) is 90.1 Å². The van der Waals surface area contributed by atoms with E-state index in [9.17, 15) is 4.79 Å². The van der Waals surface area contributed by atoms with Crippen LogP contribution >= 0.6 is 0 Å². The summed E-state index contributed by atoms with van der Waals surface area (Å²) in [6.07, 6.45) is 0. The highest BCUT2D eigenvalue weighted by Gasteiger charge is 2.13. The number of aryl methyl sites for hydroxylation is 1. The van der Waals surface area contributed by atoms with Gasteiger partial charge in [0.15, 0.2) is 0 Å². The van der Waals surface area contributed by atoms with Crippen LogP contribution in [0, 0.1) is 6.92 Å². The highest BCUT2D eigenvalue weighted by atomic mass is 16.1. The van der Waals surface area contributed by atoms with E-state index in [-0.39, 0.29) is 0 Å². The lowest BCUT2D eigenvalue weighted by Gasteiger charge is -2.14. The second-order valence-electron chi connectivity index (χ2n) is 6.32. The Morgan fingerprint density at radius 1 is 0.808 bits per heavy atom. The van der Waals surface area contributed by atoms with E-state index in [1.54, 1.807) is 6.07 Å². The zero-order valence-corrected chi connectivity index (χ0v) is 14.4. The van der Waals surface area contributed by atoms with E-state index in [2.05, 4.69) is 35.3 Å². The van der Waals surface area contributed by atoms with Crippen molar-refractivity contribution in [2.45, 2.75) is 6.92 Å². The quantitative estimate of drug-likeness (QED) is 0.573. The van der Waals surface area contributed by atoms with Gasteiger partial charge in [-0.15, -0.1) is 0 Å². The molecule has 4 aromatic rings. The largest absolute Gasteiger partial charge is 0.366 e. The molecule has 0 aliphatic carbocycles. The molecule has 1 heterocycles. The van der Waals surface area contributed by atoms with Crippen LogP contribution in [0.3, 0.4) is 0 Å². The number of nitrogens with two attached hydrogens (primary N) is 1. The predicted octanol–water partition coefficient (Wildman–Crippen LogP) is 4.98. The van der Waals surface area contributed by atoms with E-state index in [1.165, 1.54) is 0 Å². The van der Waals surface area contributed by atoms with E-state index >= 15 is 0 Å². The number of carbonyl (C=O) groups excluding carboxylic acids is 1. The normalized spacial score (nSPS) is 10.8. The molecule has 0 saturated heterocycles. The summed E-state index contributed by atoms with van der Waals surface area (Å²) >= 11 is 0. The van der Waals surface area contributed by atoms with Crippen molar-refractivity contribution in [1.29, 1.82) is 0 Å². The minimum absolute atomic E-state index is 0.435. The maximum Gasteiger partial charge on any atom is 0.248 e. The van der Waals surface area contributed by atoms with E-state index in [1.807, 2.05) is 49.4 Å². The Balaban J connectivity index is 2.04. The topological polar surface area (TPSA) is 56.0 Å². The van der Waals surface area contributed by atoms with E-state index < -0.39 is 5.91 Å². The summed E-state index contributed by atoms with van der Waals surface area (Å²) in [5.74, 6) is -0.435. The lowest BCUT2D eigenvalue weighted by Crippen LogP contribution is -2.10. The van der Waals surface area contributed by atoms with Gasteiger partial charge in [0.05, 0.1) is 5.52 Å². The summed E-state index contributed by atoms with van der Waals surface area (Å²) in [5, 5.41) is 0.926. The Morgan fingerprint density at radius 3 is 2.23 bits per heavy atom. The molecule has 1 amide bonds. The van der Waals surface area contributed by atoms with Gasteiger partial charge in [-0.05, 0) is 53.4 Å². The first-order valence-electron chi connectivity index (χ1n) is 8.49. The molecule has 0 bridgehead atoms. The first-order valence-corrected chi connectivity index (χ1v) is 8.49. The van der Waals surface area contributed by atoms with Gasteiger partial charge in [0.1, 0.15) is 0 Å². The first kappa shape index (κ1) is 16.0. The van der Waals surface area contributed by atoms with Crippen LogP contribution in [0.2, 0.25) is 0 Å². The molecular formula is C23H18N2O. The average Bonchev–Trinajstić information content (AvgIpc) is 2.67. The van der Waals surface area contributed by atoms with E-state index in [4.69, 9.17) is 5.73 Å². The molecule has 1 aromatic heterocycles. The summed E-state index contributed by atoms with van der Waals surface area (Å²) in [7, 11) is 0. The van der Waals surface area contributed by atoms with Gasteiger partial charge in [0.2, 0.25) is 5.91 Å². The second kappa shape index (κ2) is 6.45. The van der Waals surface area contributed by atoms with Crippen LogP contribution < -0.4 is 5.73 Å². The summed E-state index contributed by atoms with van der Waals surface area (Å²) < 4.78 is 0. The Labute approximate surface area is 152 Å². The lowest BCUT2D eigenvalue weighted by molar-refractivity contribution is 0.100. The lowest BCUT2D eigenvalue weighted by atomic mass is 9.92. The number of hydrogen-bond donors (Lipinski definition) is 1. The molecule has 4 rings (SSSR count). The molecule has 0 saturated carbocycles. The van der Waals surface area contributed by atoms with Crippen LogP contribution in [0.5, 0.6) is 0 Å². The minimum atomic E-state index is -0.435. The number of aromatic nitrogens is 1. The number of pyridine rings is 1. The number of amides is 1. The SMILES string of the molecule is Cc1cc(-c2ccccc2-c2ccccc2)c2cc(C(N)=O)ccc2n1. The van der Waals surface area contributed by atoms with Crippen molar-refractivity contribution >= 4 is 16.8 Å². The van der Waals surface area contributed by atoms with Crippen LogP contribution in [0.1, 0.15) is 16.1 Å². The van der Waals surface area contributed by atoms with Crippen molar-refractivity contribution in [1.82, 2.24) is 4.98 Å². The summed E-state index contributed by atoms with van der Waals surface area (Å²) in [4.78, 5) is 16.3. The molecule has 0 aliphatic rings. The second-order valence-corrected chi connectivity index (χ2v) is 6.32. The Morgan fingerprint density at radius 2 is 1.50 bits per heavy atom. The highest BCUT2D eigenvalue weighted by Crippen LogP contribution is 2.36. The third-order valence-corrected chi connectivity index (χ3v) is 4.52. The molecule has 3 heteroatoms. The van der Waals surface area contributed by atoms with Crippen molar-refractivity contribution in [3.63, 3.8) is 0 Å². The fourth-order valence-electron chi connectivity index (χ4n) is 3.32. The number of primary amides is 1. The molecule has 2 N–H and O–H groups in total. The van der Waals surface area contributed by atoms with Crippen LogP contribution in [-0.4, -0.2) is 10.9 Å². The van der Waals surface area contributed by atoms with Gasteiger partial charge in [0.25, 0.3) is 0 Å². The standard InChI is InChI=1S/C23H18N2O/c1-15-13-20(21-14-17(23(24)26)11-12-22(21)25-15)19-10-6-5-9-18(19)16-7-3-2-4-8-16/h2-14H,1H3,(H2,24,26). The summed E-state index contributed by atoms with van der Waals surface area (Å²) in [6, 6.07) is 26.1. The molecular weight excluding hydrogens is 320 g/mol. The maximum absolute atomic E-state index is 11.6. The molecule has 0 radical (unpaired) electrons. The maximum atomic E-state index is 11.6. The minimum Gasteiger partial charge on any atom is -0.366 e. The van der Waals surface area contributed by atoms with Gasteiger partial charge < -0.3 is 5.73 Å². The Kier molecular flexibility index (Phi) is 3.98. The zero-order chi connectivity index (χ0) is 18.1. The number of carbonyl (C=O) groups is 1. The smallest absolute Gasteiger partial charge is 0.248 e. The molecule has 26 heavy (non-hydrogen) atoms. The van der Waals surface area contributed by atoms with Crippen LogP contribution in [0.4, 0.5) is 0 Å². The van der Waals surface area contributed by atoms with Crippen LogP contribution in [-0.2, 0) is 0 Å². The molecule has 0 fully saturated rings. The molecule has 3 nitrogen and oxygen atoms in total. The Bertz CT molecular complexity index is 1120. The van der Waals surface area contributed by atoms with E-state index in [0.29, 0.717) is 5.56 Å². The van der Waals surface area contributed by atoms with Crippen molar-refractivity contribution in [2.24, 2.45) is 5.73 Å². The zero-order valence-electron chi connectivity index (χ0n) is 14.4. The van der Waals surface area contributed by atoms with Crippen molar-refractivity contribution < 1.29 is 4.79 Å². The number of hydrogen-bond acceptors (Lipinski definition) is 2. The van der Waals surface area contributed by atoms with Gasteiger partial charge in [-0.1, -0.05) is 54.6 Å². The molecule has 0 spiro atoms. The fourth-order valence-corrected chi connectivity index (χ4v) is 3.32. The fraction of sp³-hybridized carbons (Fsp3) is 0.0435. The molecule has 0 unspecified atom stereocenters. The van der Waals surface area contributed by atoms with Gasteiger partial charge >= 0.3 is 0 Å². The molecule has 0 aliphatic heterocycles. The molecule has 3 aromatic carbocycles. The summed E-state index contributed by atoms with van der Waals surface area (Å²) in [5.41, 5.74) is 12.2.